The molecule has 186 valence electrons. The number of nitrogens with zero attached hydrogens (tertiary/aromatic N) is 4. The number of hydrogen-bond acceptors (Lipinski definition) is 9. The number of hydrogen-bond donors (Lipinski definition) is 2. The van der Waals surface area contributed by atoms with Gasteiger partial charge in [-0.3, -0.25) is 4.79 Å². The lowest BCUT2D eigenvalue weighted by Crippen LogP contribution is -2.46. The Balaban J connectivity index is 1.38. The zero-order valence-electron chi connectivity index (χ0n) is 19.1. The van der Waals surface area contributed by atoms with Crippen molar-refractivity contribution in [3.63, 3.8) is 0 Å². The highest BCUT2D eigenvalue weighted by Gasteiger charge is 2.23. The zero-order chi connectivity index (χ0) is 24.3. The number of ether oxygens (including phenoxy) is 3. The Bertz CT molecular complexity index is 944. The van der Waals surface area contributed by atoms with E-state index in [4.69, 9.17) is 43.1 Å². The number of benzene rings is 1. The van der Waals surface area contributed by atoms with Crippen LogP contribution in [-0.2, 0) is 25.5 Å². The van der Waals surface area contributed by atoms with Crippen LogP contribution in [0.5, 0.6) is 0 Å². The fourth-order valence-corrected chi connectivity index (χ4v) is 3.90. The van der Waals surface area contributed by atoms with E-state index in [0.717, 1.165) is 12.8 Å². The maximum Gasteiger partial charge on any atom is 0.248 e. The Morgan fingerprint density at radius 3 is 2.62 bits per heavy atom. The molecule has 10 nitrogen and oxygen atoms in total. The highest BCUT2D eigenvalue weighted by molar-refractivity contribution is 6.43. The number of carbonyl (C=O) groups is 1. The number of amides is 1. The molecule has 34 heavy (non-hydrogen) atoms. The van der Waals surface area contributed by atoms with Crippen molar-refractivity contribution in [3.8, 4) is 11.3 Å². The first-order chi connectivity index (χ1) is 16.5. The van der Waals surface area contributed by atoms with E-state index in [2.05, 4.69) is 20.5 Å². The number of anilines is 1. The fourth-order valence-electron chi connectivity index (χ4n) is 3.51. The average molecular weight is 513 g/mol. The van der Waals surface area contributed by atoms with Gasteiger partial charge in [0.05, 0.1) is 43.0 Å². The monoisotopic (exact) mass is 512 g/mol. The van der Waals surface area contributed by atoms with E-state index in [1.165, 1.54) is 0 Å². The minimum atomic E-state index is -0.00841. The molecule has 1 fully saturated rings. The lowest BCUT2D eigenvalue weighted by Gasteiger charge is -2.32. The predicted octanol–water partition coefficient (Wildman–Crippen LogP) is 2.19. The van der Waals surface area contributed by atoms with Crippen LogP contribution in [0.25, 0.3) is 11.3 Å². The maximum absolute atomic E-state index is 12.3. The summed E-state index contributed by atoms with van der Waals surface area (Å²) in [5.41, 5.74) is 7.08. The molecule has 0 unspecified atom stereocenters. The zero-order valence-corrected chi connectivity index (χ0v) is 20.6. The molecule has 0 atom stereocenters. The number of nitrogens with two attached hydrogens (primary N) is 1. The van der Waals surface area contributed by atoms with E-state index in [-0.39, 0.29) is 24.4 Å². The van der Waals surface area contributed by atoms with Crippen molar-refractivity contribution in [2.45, 2.75) is 25.4 Å². The largest absolute Gasteiger partial charge is 0.382 e. The Morgan fingerprint density at radius 1 is 1.15 bits per heavy atom. The number of piperidine rings is 1. The molecule has 1 aromatic carbocycles. The van der Waals surface area contributed by atoms with E-state index in [0.29, 0.717) is 73.2 Å². The van der Waals surface area contributed by atoms with Gasteiger partial charge in [0.25, 0.3) is 0 Å². The van der Waals surface area contributed by atoms with Gasteiger partial charge in [-0.15, -0.1) is 10.2 Å². The molecule has 3 N–H and O–H groups in total. The smallest absolute Gasteiger partial charge is 0.248 e. The summed E-state index contributed by atoms with van der Waals surface area (Å²) in [7, 11) is 1.62. The Morgan fingerprint density at radius 2 is 1.88 bits per heavy atom. The van der Waals surface area contributed by atoms with Gasteiger partial charge in [-0.2, -0.15) is 0 Å². The summed E-state index contributed by atoms with van der Waals surface area (Å²) in [4.78, 5) is 18.5. The first kappa shape index (κ1) is 26.5. The Kier molecular flexibility index (Phi) is 10.7. The van der Waals surface area contributed by atoms with Crippen molar-refractivity contribution < 1.29 is 19.0 Å². The summed E-state index contributed by atoms with van der Waals surface area (Å²) < 4.78 is 15.6. The second-order valence-corrected chi connectivity index (χ2v) is 8.54. The quantitative estimate of drug-likeness (QED) is 0.411. The minimum absolute atomic E-state index is 0.00841. The van der Waals surface area contributed by atoms with Crippen molar-refractivity contribution in [3.05, 3.63) is 34.1 Å². The molecule has 3 rings (SSSR count). The molecule has 2 heterocycles. The van der Waals surface area contributed by atoms with Gasteiger partial charge in [-0.05, 0) is 18.9 Å². The molecule has 1 aliphatic heterocycles. The molecule has 1 amide bonds. The molecule has 1 aliphatic rings. The van der Waals surface area contributed by atoms with Crippen LogP contribution in [0.1, 0.15) is 18.7 Å². The number of aromatic nitrogens is 3. The molecule has 0 spiro atoms. The van der Waals surface area contributed by atoms with Crippen molar-refractivity contribution in [2.24, 2.45) is 0 Å². The number of likely N-dealkylation sites (tertiary alicyclic amines) is 1. The summed E-state index contributed by atoms with van der Waals surface area (Å²) >= 11 is 12.3. The fraction of sp³-hybridized carbons (Fsp3) is 0.545. The molecule has 0 radical (unpaired) electrons. The van der Waals surface area contributed by atoms with Crippen LogP contribution >= 0.6 is 23.2 Å². The van der Waals surface area contributed by atoms with E-state index in [9.17, 15) is 4.79 Å². The molecular weight excluding hydrogens is 483 g/mol. The van der Waals surface area contributed by atoms with Gasteiger partial charge < -0.3 is 30.2 Å². The molecular formula is C22H30Cl2N6O4. The number of nitrogens with one attached hydrogen (secondary N) is 1. The third kappa shape index (κ3) is 7.72. The number of halogens is 2. The Hall–Kier alpha value is -2.08. The summed E-state index contributed by atoms with van der Waals surface area (Å²) in [5.74, 6) is 0.713. The Labute approximate surface area is 209 Å². The second kappa shape index (κ2) is 13.7. The lowest BCUT2D eigenvalue weighted by atomic mass is 10.1. The van der Waals surface area contributed by atoms with Crippen molar-refractivity contribution >= 4 is 34.9 Å². The molecule has 1 saturated heterocycles. The van der Waals surface area contributed by atoms with Crippen LogP contribution in [0.4, 0.5) is 5.82 Å². The molecule has 2 aromatic rings. The van der Waals surface area contributed by atoms with Gasteiger partial charge in [0.15, 0.2) is 11.6 Å². The molecule has 1 aromatic heterocycles. The van der Waals surface area contributed by atoms with E-state index in [1.54, 1.807) is 25.3 Å². The second-order valence-electron chi connectivity index (χ2n) is 7.76. The van der Waals surface area contributed by atoms with Crippen LogP contribution < -0.4 is 11.1 Å². The van der Waals surface area contributed by atoms with Crippen molar-refractivity contribution in [1.29, 1.82) is 0 Å². The van der Waals surface area contributed by atoms with Gasteiger partial charge in [-0.25, -0.2) is 4.98 Å². The van der Waals surface area contributed by atoms with Crippen LogP contribution in [0.15, 0.2) is 18.2 Å². The van der Waals surface area contributed by atoms with Gasteiger partial charge in [0, 0.05) is 31.8 Å². The first-order valence-electron chi connectivity index (χ1n) is 11.1. The normalized spacial score (nSPS) is 14.5. The molecule has 0 bridgehead atoms. The van der Waals surface area contributed by atoms with E-state index < -0.39 is 0 Å². The van der Waals surface area contributed by atoms with Crippen LogP contribution in [0.2, 0.25) is 10.0 Å². The van der Waals surface area contributed by atoms with E-state index >= 15 is 0 Å². The lowest BCUT2D eigenvalue weighted by molar-refractivity contribution is -0.137. The minimum Gasteiger partial charge on any atom is -0.382 e. The number of carbonyl (C=O) groups excluding carboxylic acids is 1. The van der Waals surface area contributed by atoms with Crippen LogP contribution in [0.3, 0.4) is 0 Å². The summed E-state index contributed by atoms with van der Waals surface area (Å²) in [5, 5.41) is 12.6. The standard InChI is InChI=1S/C22H30Cl2N6O4/c1-32-9-10-33-11-12-34-14-19(31)30-7-5-15(6-8-30)26-13-18-27-22(25)21(29-28-18)16-3-2-4-17(23)20(16)24/h2-4,15,26H,5-14H2,1H3,(H2,25,27,28). The van der Waals surface area contributed by atoms with E-state index in [1.807, 2.05) is 4.90 Å². The third-order valence-corrected chi connectivity index (χ3v) is 6.21. The predicted molar refractivity (Wildman–Crippen MR) is 130 cm³/mol. The molecule has 0 saturated carbocycles. The molecule has 12 heteroatoms. The summed E-state index contributed by atoms with van der Waals surface area (Å²) in [6.07, 6.45) is 1.65. The highest BCUT2D eigenvalue weighted by Crippen LogP contribution is 2.34. The third-order valence-electron chi connectivity index (χ3n) is 5.39. The van der Waals surface area contributed by atoms with Gasteiger partial charge in [0.2, 0.25) is 5.91 Å². The van der Waals surface area contributed by atoms with Crippen molar-refractivity contribution in [1.82, 2.24) is 25.4 Å². The van der Waals surface area contributed by atoms with Crippen molar-refractivity contribution in [2.75, 3.05) is 59.0 Å². The van der Waals surface area contributed by atoms with Crippen LogP contribution in [-0.4, -0.2) is 85.3 Å². The SMILES string of the molecule is COCCOCCOCC(=O)N1CCC(NCc2nnc(-c3cccc(Cl)c3Cl)c(N)n2)CC1. The van der Waals surface area contributed by atoms with Gasteiger partial charge in [0.1, 0.15) is 12.3 Å². The highest BCUT2D eigenvalue weighted by atomic mass is 35.5. The first-order valence-corrected chi connectivity index (χ1v) is 11.8. The van der Waals surface area contributed by atoms with Gasteiger partial charge in [-0.1, -0.05) is 35.3 Å². The molecule has 0 aliphatic carbocycles. The summed E-state index contributed by atoms with van der Waals surface area (Å²) in [6, 6.07) is 5.47. The summed E-state index contributed by atoms with van der Waals surface area (Å²) in [6.45, 7) is 3.70. The number of rotatable bonds is 12. The maximum atomic E-state index is 12.3. The number of methoxy groups -OCH3 is 1. The van der Waals surface area contributed by atoms with Crippen LogP contribution in [0, 0.1) is 0 Å². The topological polar surface area (TPSA) is 125 Å². The number of nitrogen functional groups attached to an aromatic ring is 1. The average Bonchev–Trinajstić information content (AvgIpc) is 2.84. The van der Waals surface area contributed by atoms with Gasteiger partial charge >= 0.3 is 0 Å².